The molecule has 0 saturated heterocycles. The van der Waals surface area contributed by atoms with E-state index in [9.17, 15) is 4.79 Å². The van der Waals surface area contributed by atoms with Crippen LogP contribution in [-0.4, -0.2) is 15.7 Å². The van der Waals surface area contributed by atoms with Crippen LogP contribution in [0.3, 0.4) is 0 Å². The van der Waals surface area contributed by atoms with Crippen LogP contribution in [0.2, 0.25) is 0 Å². The number of esters is 1. The Hall–Kier alpha value is -2.40. The van der Waals surface area contributed by atoms with Crippen LogP contribution in [0.15, 0.2) is 71.5 Å². The van der Waals surface area contributed by atoms with Crippen molar-refractivity contribution in [2.24, 2.45) is 0 Å². The fourth-order valence-corrected chi connectivity index (χ4v) is 2.42. The van der Waals surface area contributed by atoms with Crippen molar-refractivity contribution in [3.8, 4) is 11.4 Å². The van der Waals surface area contributed by atoms with Crippen molar-refractivity contribution < 1.29 is 9.53 Å². The van der Waals surface area contributed by atoms with E-state index in [1.807, 2.05) is 48.7 Å². The molecule has 3 aromatic rings. The summed E-state index contributed by atoms with van der Waals surface area (Å²) < 4.78 is 7.92. The molecule has 0 N–H and O–H groups in total. The van der Waals surface area contributed by atoms with E-state index in [0.717, 1.165) is 15.7 Å². The average molecular weight is 357 g/mol. The first-order chi connectivity index (χ1) is 10.7. The van der Waals surface area contributed by atoms with Crippen LogP contribution >= 0.6 is 15.9 Å². The third-order valence-electron chi connectivity index (χ3n) is 3.03. The molecule has 0 amide bonds. The number of carbonyl (C=O) groups excluding carboxylic acids is 1. The van der Waals surface area contributed by atoms with Gasteiger partial charge in [0.25, 0.3) is 0 Å². The van der Waals surface area contributed by atoms with Gasteiger partial charge in [-0.2, -0.15) is 5.10 Å². The number of benzene rings is 2. The standard InChI is InChI=1S/C17H13BrN2O2/c18-14-5-4-8-16(10-14)22-17(21)9-13-11-19-20(12-13)15-6-2-1-3-7-15/h1-8,10-12H,9H2. The topological polar surface area (TPSA) is 44.1 Å². The molecule has 0 bridgehead atoms. The summed E-state index contributed by atoms with van der Waals surface area (Å²) in [4.78, 5) is 12.0. The van der Waals surface area contributed by atoms with Crippen molar-refractivity contribution >= 4 is 21.9 Å². The van der Waals surface area contributed by atoms with E-state index in [4.69, 9.17) is 4.74 Å². The quantitative estimate of drug-likeness (QED) is 0.527. The molecule has 0 spiro atoms. The van der Waals surface area contributed by atoms with Crippen molar-refractivity contribution in [2.45, 2.75) is 6.42 Å². The first-order valence-corrected chi connectivity index (χ1v) is 7.55. The fourth-order valence-electron chi connectivity index (χ4n) is 2.04. The SMILES string of the molecule is O=C(Cc1cnn(-c2ccccc2)c1)Oc1cccc(Br)c1. The summed E-state index contributed by atoms with van der Waals surface area (Å²) in [6, 6.07) is 16.9. The molecule has 0 aliphatic rings. The number of hydrogen-bond acceptors (Lipinski definition) is 3. The van der Waals surface area contributed by atoms with Gasteiger partial charge in [0, 0.05) is 16.2 Å². The zero-order valence-electron chi connectivity index (χ0n) is 11.6. The van der Waals surface area contributed by atoms with Crippen LogP contribution in [0.4, 0.5) is 0 Å². The highest BCUT2D eigenvalue weighted by molar-refractivity contribution is 9.10. The van der Waals surface area contributed by atoms with E-state index >= 15 is 0 Å². The van der Waals surface area contributed by atoms with E-state index < -0.39 is 0 Å². The lowest BCUT2D eigenvalue weighted by atomic mass is 10.2. The molecule has 0 aliphatic carbocycles. The Kier molecular flexibility index (Phi) is 4.34. The minimum absolute atomic E-state index is 0.180. The number of para-hydroxylation sites is 1. The lowest BCUT2D eigenvalue weighted by molar-refractivity contribution is -0.133. The van der Waals surface area contributed by atoms with Crippen LogP contribution in [0, 0.1) is 0 Å². The molecule has 0 saturated carbocycles. The maximum Gasteiger partial charge on any atom is 0.315 e. The second-order valence-corrected chi connectivity index (χ2v) is 5.65. The summed E-state index contributed by atoms with van der Waals surface area (Å²) in [7, 11) is 0. The largest absolute Gasteiger partial charge is 0.426 e. The van der Waals surface area contributed by atoms with Gasteiger partial charge in [-0.25, -0.2) is 4.68 Å². The highest BCUT2D eigenvalue weighted by Gasteiger charge is 2.09. The number of rotatable bonds is 4. The summed E-state index contributed by atoms with van der Waals surface area (Å²) in [6.07, 6.45) is 3.69. The zero-order chi connectivity index (χ0) is 15.4. The van der Waals surface area contributed by atoms with E-state index in [1.165, 1.54) is 0 Å². The normalized spacial score (nSPS) is 10.4. The van der Waals surface area contributed by atoms with Gasteiger partial charge in [0.15, 0.2) is 0 Å². The number of aromatic nitrogens is 2. The van der Waals surface area contributed by atoms with Gasteiger partial charge in [-0.1, -0.05) is 40.2 Å². The molecular formula is C17H13BrN2O2. The summed E-state index contributed by atoms with van der Waals surface area (Å²) in [6.45, 7) is 0. The van der Waals surface area contributed by atoms with Crippen molar-refractivity contribution in [1.82, 2.24) is 9.78 Å². The molecule has 0 unspecified atom stereocenters. The van der Waals surface area contributed by atoms with E-state index in [0.29, 0.717) is 5.75 Å². The predicted molar refractivity (Wildman–Crippen MR) is 87.0 cm³/mol. The van der Waals surface area contributed by atoms with E-state index in [-0.39, 0.29) is 12.4 Å². The van der Waals surface area contributed by atoms with Crippen molar-refractivity contribution in [3.63, 3.8) is 0 Å². The highest BCUT2D eigenvalue weighted by Crippen LogP contribution is 2.18. The van der Waals surface area contributed by atoms with Crippen LogP contribution < -0.4 is 4.74 Å². The van der Waals surface area contributed by atoms with Crippen LogP contribution in [0.25, 0.3) is 5.69 Å². The Morgan fingerprint density at radius 1 is 1.14 bits per heavy atom. The van der Waals surface area contributed by atoms with Crippen molar-refractivity contribution in [1.29, 1.82) is 0 Å². The Balaban J connectivity index is 1.66. The first kappa shape index (κ1) is 14.5. The summed E-state index contributed by atoms with van der Waals surface area (Å²) in [5.41, 5.74) is 1.76. The van der Waals surface area contributed by atoms with Gasteiger partial charge in [0.05, 0.1) is 18.3 Å². The van der Waals surface area contributed by atoms with Crippen molar-refractivity contribution in [3.05, 3.63) is 77.0 Å². The van der Waals surface area contributed by atoms with Gasteiger partial charge < -0.3 is 4.74 Å². The molecule has 3 rings (SSSR count). The van der Waals surface area contributed by atoms with Gasteiger partial charge in [0.2, 0.25) is 0 Å². The van der Waals surface area contributed by atoms with E-state index in [2.05, 4.69) is 21.0 Å². The van der Waals surface area contributed by atoms with Gasteiger partial charge >= 0.3 is 5.97 Å². The zero-order valence-corrected chi connectivity index (χ0v) is 13.2. The molecule has 110 valence electrons. The summed E-state index contributed by atoms with van der Waals surface area (Å²) in [5, 5.41) is 4.26. The molecule has 2 aromatic carbocycles. The molecule has 1 aromatic heterocycles. The Morgan fingerprint density at radius 3 is 2.73 bits per heavy atom. The molecule has 22 heavy (non-hydrogen) atoms. The summed E-state index contributed by atoms with van der Waals surface area (Å²) in [5.74, 6) is 0.209. The van der Waals surface area contributed by atoms with Gasteiger partial charge in [0.1, 0.15) is 5.75 Å². The lowest BCUT2D eigenvalue weighted by Gasteiger charge is -2.03. The van der Waals surface area contributed by atoms with Crippen LogP contribution in [0.1, 0.15) is 5.56 Å². The Morgan fingerprint density at radius 2 is 1.95 bits per heavy atom. The van der Waals surface area contributed by atoms with Gasteiger partial charge in [-0.3, -0.25) is 4.79 Å². The number of nitrogens with zero attached hydrogens (tertiary/aromatic N) is 2. The van der Waals surface area contributed by atoms with Gasteiger partial charge in [-0.15, -0.1) is 0 Å². The highest BCUT2D eigenvalue weighted by atomic mass is 79.9. The maximum absolute atomic E-state index is 12.0. The molecular weight excluding hydrogens is 344 g/mol. The van der Waals surface area contributed by atoms with E-state index in [1.54, 1.807) is 23.0 Å². The average Bonchev–Trinajstić information content (AvgIpc) is 2.96. The molecule has 0 radical (unpaired) electrons. The fraction of sp³-hybridized carbons (Fsp3) is 0.0588. The van der Waals surface area contributed by atoms with Crippen molar-refractivity contribution in [2.75, 3.05) is 0 Å². The molecule has 0 aliphatic heterocycles. The van der Waals surface area contributed by atoms with Gasteiger partial charge in [-0.05, 0) is 30.3 Å². The summed E-state index contributed by atoms with van der Waals surface area (Å²) >= 11 is 3.34. The number of hydrogen-bond donors (Lipinski definition) is 0. The second-order valence-electron chi connectivity index (χ2n) is 4.74. The Labute approximate surface area is 136 Å². The first-order valence-electron chi connectivity index (χ1n) is 6.76. The maximum atomic E-state index is 12.0. The third-order valence-corrected chi connectivity index (χ3v) is 3.53. The minimum atomic E-state index is -0.314. The third kappa shape index (κ3) is 3.62. The van der Waals surface area contributed by atoms with Crippen LogP contribution in [0.5, 0.6) is 5.75 Å². The second kappa shape index (κ2) is 6.58. The molecule has 1 heterocycles. The Bertz CT molecular complexity index is 784. The number of carbonyl (C=O) groups is 1. The minimum Gasteiger partial charge on any atom is -0.426 e. The smallest absolute Gasteiger partial charge is 0.315 e. The predicted octanol–water partition coefficient (Wildman–Crippen LogP) is 3.78. The van der Waals surface area contributed by atoms with Crippen LogP contribution in [-0.2, 0) is 11.2 Å². The molecule has 5 heteroatoms. The number of halogens is 1. The molecule has 4 nitrogen and oxygen atoms in total. The lowest BCUT2D eigenvalue weighted by Crippen LogP contribution is -2.10. The molecule has 0 atom stereocenters. The number of ether oxygens (including phenoxy) is 1. The monoisotopic (exact) mass is 356 g/mol. The molecule has 0 fully saturated rings.